The number of aryl methyl sites for hydroxylation is 3. The van der Waals surface area contributed by atoms with E-state index in [4.69, 9.17) is 5.10 Å². The maximum absolute atomic E-state index is 13.3. The van der Waals surface area contributed by atoms with Crippen molar-refractivity contribution in [2.75, 3.05) is 0 Å². The van der Waals surface area contributed by atoms with Crippen LogP contribution in [-0.2, 0) is 6.18 Å². The lowest BCUT2D eigenvalue weighted by Crippen LogP contribution is -2.05. The van der Waals surface area contributed by atoms with Crippen molar-refractivity contribution in [1.82, 2.24) is 14.8 Å². The number of rotatable bonds is 2. The minimum absolute atomic E-state index is 0.285. The highest BCUT2D eigenvalue weighted by molar-refractivity contribution is 6.08. The van der Waals surface area contributed by atoms with Crippen molar-refractivity contribution in [2.45, 2.75) is 26.9 Å². The molecule has 2 aromatic heterocycles. The number of nitrogens with zero attached hydrogens (tertiary/aromatic N) is 3. The Bertz CT molecular complexity index is 1480. The van der Waals surface area contributed by atoms with Gasteiger partial charge in [-0.15, -0.1) is 0 Å². The lowest BCUT2D eigenvalue weighted by Gasteiger charge is -2.10. The molecule has 6 heteroatoms. The molecule has 0 spiro atoms. The Morgan fingerprint density at radius 1 is 0.781 bits per heavy atom. The van der Waals surface area contributed by atoms with Crippen molar-refractivity contribution in [3.05, 3.63) is 89.1 Å². The summed E-state index contributed by atoms with van der Waals surface area (Å²) in [7, 11) is 0. The number of aromatic nitrogens is 3. The highest BCUT2D eigenvalue weighted by Gasteiger charge is 2.31. The van der Waals surface area contributed by atoms with Gasteiger partial charge in [0.1, 0.15) is 5.69 Å². The number of fused-ring (bicyclic) bond motifs is 3. The second-order valence-corrected chi connectivity index (χ2v) is 8.15. The quantitative estimate of drug-likeness (QED) is 0.296. The molecule has 0 aliphatic rings. The van der Waals surface area contributed by atoms with Gasteiger partial charge in [0, 0.05) is 22.5 Å². The van der Waals surface area contributed by atoms with Crippen LogP contribution in [0.15, 0.2) is 66.9 Å². The Morgan fingerprint density at radius 2 is 1.53 bits per heavy atom. The zero-order valence-electron chi connectivity index (χ0n) is 17.8. The van der Waals surface area contributed by atoms with Crippen LogP contribution in [0.3, 0.4) is 0 Å². The van der Waals surface area contributed by atoms with Crippen LogP contribution in [0.5, 0.6) is 0 Å². The molecule has 160 valence electrons. The van der Waals surface area contributed by atoms with Crippen molar-refractivity contribution >= 4 is 21.8 Å². The minimum Gasteiger partial charge on any atom is -0.255 e. The molecule has 0 aliphatic carbocycles. The molecule has 0 fully saturated rings. The van der Waals surface area contributed by atoms with Crippen molar-refractivity contribution in [1.29, 1.82) is 0 Å². The van der Waals surface area contributed by atoms with Gasteiger partial charge >= 0.3 is 6.18 Å². The molecule has 0 amide bonds. The van der Waals surface area contributed by atoms with Crippen molar-refractivity contribution < 1.29 is 13.2 Å². The zero-order chi connectivity index (χ0) is 22.6. The fourth-order valence-corrected chi connectivity index (χ4v) is 3.93. The fraction of sp³-hybridized carbons (Fsp3) is 0.154. The normalized spacial score (nSPS) is 12.1. The largest absolute Gasteiger partial charge is 0.416 e. The molecule has 0 saturated carbocycles. The van der Waals surface area contributed by atoms with Gasteiger partial charge in [0.15, 0.2) is 0 Å². The predicted octanol–water partition coefficient (Wildman–Crippen LogP) is 7.18. The van der Waals surface area contributed by atoms with Gasteiger partial charge in [-0.05, 0) is 56.2 Å². The van der Waals surface area contributed by atoms with E-state index in [9.17, 15) is 13.2 Å². The summed E-state index contributed by atoms with van der Waals surface area (Å²) in [5.41, 5.74) is 6.23. The summed E-state index contributed by atoms with van der Waals surface area (Å²) < 4.78 is 41.6. The number of halogens is 3. The molecule has 0 saturated heterocycles. The summed E-state index contributed by atoms with van der Waals surface area (Å²) in [4.78, 5) is 4.37. The third-order valence-electron chi connectivity index (χ3n) is 5.90. The van der Waals surface area contributed by atoms with Crippen LogP contribution in [-0.4, -0.2) is 14.8 Å². The van der Waals surface area contributed by atoms with Crippen LogP contribution in [0.1, 0.15) is 22.3 Å². The van der Waals surface area contributed by atoms with Crippen LogP contribution in [0.4, 0.5) is 13.2 Å². The van der Waals surface area contributed by atoms with Gasteiger partial charge in [-0.25, -0.2) is 4.68 Å². The monoisotopic (exact) mass is 431 g/mol. The second kappa shape index (κ2) is 7.19. The Labute approximate surface area is 183 Å². The first-order valence-electron chi connectivity index (χ1n) is 10.3. The van der Waals surface area contributed by atoms with E-state index in [1.54, 1.807) is 6.20 Å². The van der Waals surface area contributed by atoms with Gasteiger partial charge in [-0.2, -0.15) is 18.3 Å². The number of alkyl halides is 3. The Hall–Kier alpha value is -3.67. The summed E-state index contributed by atoms with van der Waals surface area (Å²) in [6.07, 6.45) is -2.80. The van der Waals surface area contributed by atoms with Crippen LogP contribution in [0.2, 0.25) is 0 Å². The molecular formula is C26H20F3N3. The average Bonchev–Trinajstić information content (AvgIpc) is 3.15. The highest BCUT2D eigenvalue weighted by atomic mass is 19.4. The molecular weight excluding hydrogens is 411 g/mol. The number of benzene rings is 3. The highest BCUT2D eigenvalue weighted by Crippen LogP contribution is 2.36. The first-order valence-corrected chi connectivity index (χ1v) is 10.3. The first-order chi connectivity index (χ1) is 15.2. The molecule has 0 bridgehead atoms. The molecule has 32 heavy (non-hydrogen) atoms. The smallest absolute Gasteiger partial charge is 0.255 e. The fourth-order valence-electron chi connectivity index (χ4n) is 3.93. The maximum atomic E-state index is 13.3. The Balaban J connectivity index is 1.86. The standard InChI is InChI=1S/C26H20F3N3/c1-15-4-7-18(8-5-15)24-22-14-30-23-13-19(26(27,28)29)9-11-21(23)25(22)32(31-24)20-10-6-16(2)17(3)12-20/h4-14H,1-3H3. The molecule has 0 unspecified atom stereocenters. The van der Waals surface area contributed by atoms with Gasteiger partial charge in [-0.3, -0.25) is 4.98 Å². The van der Waals surface area contributed by atoms with Gasteiger partial charge in [0.05, 0.1) is 22.3 Å². The van der Waals surface area contributed by atoms with E-state index < -0.39 is 11.7 Å². The van der Waals surface area contributed by atoms with E-state index >= 15 is 0 Å². The summed E-state index contributed by atoms with van der Waals surface area (Å²) in [5.74, 6) is 0. The van der Waals surface area contributed by atoms with Gasteiger partial charge in [0.2, 0.25) is 0 Å². The average molecular weight is 431 g/mol. The summed E-state index contributed by atoms with van der Waals surface area (Å²) in [6, 6.07) is 17.8. The van der Waals surface area contributed by atoms with Crippen molar-refractivity contribution in [3.63, 3.8) is 0 Å². The Morgan fingerprint density at radius 3 is 2.22 bits per heavy atom. The molecule has 0 atom stereocenters. The molecule has 2 heterocycles. The number of hydrogen-bond donors (Lipinski definition) is 0. The molecule has 3 aromatic carbocycles. The summed E-state index contributed by atoms with van der Waals surface area (Å²) in [6.45, 7) is 6.08. The van der Waals surface area contributed by atoms with Gasteiger partial charge in [-0.1, -0.05) is 42.0 Å². The van der Waals surface area contributed by atoms with Crippen LogP contribution in [0.25, 0.3) is 38.8 Å². The molecule has 5 rings (SSSR count). The maximum Gasteiger partial charge on any atom is 0.416 e. The molecule has 3 nitrogen and oxygen atoms in total. The Kier molecular flexibility index (Phi) is 4.55. The van der Waals surface area contributed by atoms with Crippen molar-refractivity contribution in [3.8, 4) is 16.9 Å². The third kappa shape index (κ3) is 3.32. The van der Waals surface area contributed by atoms with E-state index in [0.717, 1.165) is 56.7 Å². The second-order valence-electron chi connectivity index (χ2n) is 8.15. The first kappa shape index (κ1) is 20.2. The molecule has 0 aliphatic heterocycles. The van der Waals surface area contributed by atoms with Crippen LogP contribution in [0, 0.1) is 20.8 Å². The minimum atomic E-state index is -4.42. The van der Waals surface area contributed by atoms with Gasteiger partial charge < -0.3 is 0 Å². The van der Waals surface area contributed by atoms with Crippen molar-refractivity contribution in [2.24, 2.45) is 0 Å². The number of hydrogen-bond acceptors (Lipinski definition) is 2. The summed E-state index contributed by atoms with van der Waals surface area (Å²) in [5, 5.41) is 6.32. The SMILES string of the molecule is Cc1ccc(-c2nn(-c3ccc(C)c(C)c3)c3c2cnc2cc(C(F)(F)F)ccc23)cc1. The summed E-state index contributed by atoms with van der Waals surface area (Å²) >= 11 is 0. The molecule has 0 radical (unpaired) electrons. The lowest BCUT2D eigenvalue weighted by molar-refractivity contribution is -0.137. The van der Waals surface area contributed by atoms with E-state index in [0.29, 0.717) is 5.39 Å². The third-order valence-corrected chi connectivity index (χ3v) is 5.90. The number of pyridine rings is 1. The topological polar surface area (TPSA) is 30.7 Å². The molecule has 0 N–H and O–H groups in total. The van der Waals surface area contributed by atoms with E-state index in [1.807, 2.05) is 67.9 Å². The van der Waals surface area contributed by atoms with Crippen LogP contribution >= 0.6 is 0 Å². The molecule has 5 aromatic rings. The van der Waals surface area contributed by atoms with Gasteiger partial charge in [0.25, 0.3) is 0 Å². The lowest BCUT2D eigenvalue weighted by atomic mass is 10.0. The van der Waals surface area contributed by atoms with E-state index in [1.165, 1.54) is 6.07 Å². The zero-order valence-corrected chi connectivity index (χ0v) is 17.8. The van der Waals surface area contributed by atoms with Crippen LogP contribution < -0.4 is 0 Å². The van der Waals surface area contributed by atoms with E-state index in [-0.39, 0.29) is 5.52 Å². The predicted molar refractivity (Wildman–Crippen MR) is 121 cm³/mol. The van der Waals surface area contributed by atoms with E-state index in [2.05, 4.69) is 4.98 Å².